The molecule has 0 aliphatic heterocycles. The zero-order valence-electron chi connectivity index (χ0n) is 15.8. The summed E-state index contributed by atoms with van der Waals surface area (Å²) in [5.74, 6) is 0.736. The molecule has 2 aromatic carbocycles. The van der Waals surface area contributed by atoms with Crippen LogP contribution < -0.4 is 15.8 Å². The van der Waals surface area contributed by atoms with Crippen molar-refractivity contribution in [2.75, 3.05) is 18.9 Å². The van der Waals surface area contributed by atoms with E-state index in [9.17, 15) is 9.90 Å². The van der Waals surface area contributed by atoms with Crippen LogP contribution in [0.5, 0.6) is 11.5 Å². The summed E-state index contributed by atoms with van der Waals surface area (Å²) in [7, 11) is 0. The Hall–Kier alpha value is -2.95. The highest BCUT2D eigenvalue weighted by atomic mass is 16.5. The molecule has 144 valence electrons. The lowest BCUT2D eigenvalue weighted by Gasteiger charge is -2.09. The lowest BCUT2D eigenvalue weighted by atomic mass is 10.1. The fourth-order valence-corrected chi connectivity index (χ4v) is 2.54. The Morgan fingerprint density at radius 2 is 1.96 bits per heavy atom. The van der Waals surface area contributed by atoms with Crippen LogP contribution >= 0.6 is 0 Å². The predicted octanol–water partition coefficient (Wildman–Crippen LogP) is 3.92. The second-order valence-corrected chi connectivity index (χ2v) is 6.39. The second-order valence-electron chi connectivity index (χ2n) is 6.39. The number of rotatable bonds is 10. The van der Waals surface area contributed by atoms with Crippen molar-refractivity contribution in [2.45, 2.75) is 32.6 Å². The van der Waals surface area contributed by atoms with Gasteiger partial charge in [0.05, 0.1) is 12.3 Å². The van der Waals surface area contributed by atoms with Crippen LogP contribution in [0.1, 0.15) is 37.3 Å². The Morgan fingerprint density at radius 1 is 1.19 bits per heavy atom. The van der Waals surface area contributed by atoms with Gasteiger partial charge in [0, 0.05) is 12.6 Å². The molecule has 0 radical (unpaired) electrons. The van der Waals surface area contributed by atoms with Crippen molar-refractivity contribution in [3.8, 4) is 11.5 Å². The molecule has 0 aromatic heterocycles. The van der Waals surface area contributed by atoms with Crippen LogP contribution in [0.15, 0.2) is 48.5 Å². The van der Waals surface area contributed by atoms with E-state index in [0.29, 0.717) is 31.0 Å². The van der Waals surface area contributed by atoms with Gasteiger partial charge in [-0.15, -0.1) is 0 Å². The van der Waals surface area contributed by atoms with Gasteiger partial charge in [0.1, 0.15) is 11.5 Å². The number of aromatic hydroxyl groups is 1. The first-order valence-electron chi connectivity index (χ1n) is 9.34. The molecule has 0 saturated heterocycles. The van der Waals surface area contributed by atoms with Crippen molar-refractivity contribution in [2.24, 2.45) is 0 Å². The number of benzene rings is 2. The van der Waals surface area contributed by atoms with Gasteiger partial charge >= 0.3 is 0 Å². The highest BCUT2D eigenvalue weighted by Gasteiger charge is 2.02. The van der Waals surface area contributed by atoms with Gasteiger partial charge < -0.3 is 20.9 Å². The average molecular weight is 368 g/mol. The second kappa shape index (κ2) is 10.9. The number of amides is 1. The Morgan fingerprint density at radius 3 is 2.70 bits per heavy atom. The number of nitrogen functional groups attached to an aromatic ring is 1. The molecule has 5 nitrogen and oxygen atoms in total. The van der Waals surface area contributed by atoms with E-state index in [1.165, 1.54) is 6.08 Å². The molecule has 0 fully saturated rings. The third kappa shape index (κ3) is 7.44. The van der Waals surface area contributed by atoms with Gasteiger partial charge in [-0.1, -0.05) is 38.0 Å². The number of anilines is 1. The number of unbranched alkanes of at least 4 members (excludes halogenated alkanes) is 2. The van der Waals surface area contributed by atoms with Crippen LogP contribution in [0.25, 0.3) is 6.08 Å². The normalized spacial score (nSPS) is 10.9. The van der Waals surface area contributed by atoms with Crippen LogP contribution in [-0.2, 0) is 11.2 Å². The molecular formula is C22H28N2O3. The van der Waals surface area contributed by atoms with E-state index in [2.05, 4.69) is 12.2 Å². The first kappa shape index (κ1) is 20.4. The monoisotopic (exact) mass is 368 g/mol. The average Bonchev–Trinajstić information content (AvgIpc) is 2.67. The van der Waals surface area contributed by atoms with Crippen molar-refractivity contribution < 1.29 is 14.6 Å². The van der Waals surface area contributed by atoms with Crippen molar-refractivity contribution in [1.29, 1.82) is 0 Å². The Balaban J connectivity index is 1.81. The van der Waals surface area contributed by atoms with Crippen LogP contribution in [0.4, 0.5) is 5.69 Å². The summed E-state index contributed by atoms with van der Waals surface area (Å²) in [5.41, 5.74) is 8.47. The van der Waals surface area contributed by atoms with Crippen molar-refractivity contribution in [3.05, 3.63) is 59.7 Å². The molecular weight excluding hydrogens is 340 g/mol. The van der Waals surface area contributed by atoms with Gasteiger partial charge in [0.25, 0.3) is 0 Å². The number of hydrogen-bond acceptors (Lipinski definition) is 4. The molecule has 1 amide bonds. The standard InChI is InChI=1S/C22H28N2O3/c1-2-3-4-15-27-21-16-18(7-11-20(21)23)8-12-22(26)24-14-13-17-5-9-19(25)10-6-17/h5-12,16,25H,2-4,13-15,23H2,1H3,(H,24,26). The molecule has 4 N–H and O–H groups in total. The van der Waals surface area contributed by atoms with Crippen molar-refractivity contribution in [1.82, 2.24) is 5.32 Å². The Bertz CT molecular complexity index is 755. The molecule has 2 aromatic rings. The zero-order chi connectivity index (χ0) is 19.5. The van der Waals surface area contributed by atoms with Crippen molar-refractivity contribution in [3.63, 3.8) is 0 Å². The summed E-state index contributed by atoms with van der Waals surface area (Å²) < 4.78 is 5.73. The molecule has 2 rings (SSSR count). The summed E-state index contributed by atoms with van der Waals surface area (Å²) in [4.78, 5) is 12.0. The van der Waals surface area contributed by atoms with Crippen LogP contribution in [0.2, 0.25) is 0 Å². The van der Waals surface area contributed by atoms with E-state index in [1.54, 1.807) is 24.3 Å². The number of phenolic OH excluding ortho intramolecular Hbond substituents is 1. The Kier molecular flexibility index (Phi) is 8.23. The lowest BCUT2D eigenvalue weighted by Crippen LogP contribution is -2.23. The van der Waals surface area contributed by atoms with Gasteiger partial charge in [-0.3, -0.25) is 4.79 Å². The van der Waals surface area contributed by atoms with Crippen LogP contribution in [-0.4, -0.2) is 24.2 Å². The summed E-state index contributed by atoms with van der Waals surface area (Å²) in [5, 5.41) is 12.1. The summed E-state index contributed by atoms with van der Waals surface area (Å²) >= 11 is 0. The number of phenols is 1. The fourth-order valence-electron chi connectivity index (χ4n) is 2.54. The third-order valence-corrected chi connectivity index (χ3v) is 4.12. The van der Waals surface area contributed by atoms with Gasteiger partial charge in [-0.25, -0.2) is 0 Å². The lowest BCUT2D eigenvalue weighted by molar-refractivity contribution is -0.116. The minimum Gasteiger partial charge on any atom is -0.508 e. The molecule has 0 heterocycles. The van der Waals surface area contributed by atoms with Gasteiger partial charge in [-0.05, 0) is 54.3 Å². The van der Waals surface area contributed by atoms with E-state index in [1.807, 2.05) is 24.3 Å². The number of nitrogens with two attached hydrogens (primary N) is 1. The van der Waals surface area contributed by atoms with Crippen LogP contribution in [0, 0.1) is 0 Å². The van der Waals surface area contributed by atoms with E-state index in [4.69, 9.17) is 10.5 Å². The van der Waals surface area contributed by atoms with Crippen LogP contribution in [0.3, 0.4) is 0 Å². The third-order valence-electron chi connectivity index (χ3n) is 4.12. The molecule has 0 unspecified atom stereocenters. The quantitative estimate of drug-likeness (QED) is 0.337. The smallest absolute Gasteiger partial charge is 0.244 e. The maximum atomic E-state index is 12.0. The predicted molar refractivity (Wildman–Crippen MR) is 110 cm³/mol. The number of hydrogen-bond donors (Lipinski definition) is 3. The molecule has 5 heteroatoms. The van der Waals surface area contributed by atoms with Gasteiger partial charge in [-0.2, -0.15) is 0 Å². The zero-order valence-corrected chi connectivity index (χ0v) is 15.8. The topological polar surface area (TPSA) is 84.6 Å². The fraction of sp³-hybridized carbons (Fsp3) is 0.318. The highest BCUT2D eigenvalue weighted by molar-refractivity contribution is 5.91. The number of nitrogens with one attached hydrogen (secondary N) is 1. The SMILES string of the molecule is CCCCCOc1cc(C=CC(=O)NCCc2ccc(O)cc2)ccc1N. The molecule has 0 aliphatic carbocycles. The number of ether oxygens (including phenoxy) is 1. The summed E-state index contributed by atoms with van der Waals surface area (Å²) in [6.07, 6.45) is 7.22. The number of carbonyl (C=O) groups is 1. The largest absolute Gasteiger partial charge is 0.508 e. The minimum atomic E-state index is -0.156. The molecule has 0 atom stereocenters. The highest BCUT2D eigenvalue weighted by Crippen LogP contribution is 2.23. The summed E-state index contributed by atoms with van der Waals surface area (Å²) in [6, 6.07) is 12.5. The Labute approximate surface area is 160 Å². The number of carbonyl (C=O) groups excluding carboxylic acids is 1. The maximum Gasteiger partial charge on any atom is 0.244 e. The van der Waals surface area contributed by atoms with E-state index in [0.717, 1.165) is 30.4 Å². The maximum absolute atomic E-state index is 12.0. The van der Waals surface area contributed by atoms with Gasteiger partial charge in [0.2, 0.25) is 5.91 Å². The minimum absolute atomic E-state index is 0.156. The van der Waals surface area contributed by atoms with E-state index >= 15 is 0 Å². The molecule has 0 bridgehead atoms. The summed E-state index contributed by atoms with van der Waals surface area (Å²) in [6.45, 7) is 3.32. The first-order chi connectivity index (χ1) is 13.1. The van der Waals surface area contributed by atoms with E-state index in [-0.39, 0.29) is 11.7 Å². The van der Waals surface area contributed by atoms with Crippen molar-refractivity contribution >= 4 is 17.7 Å². The van der Waals surface area contributed by atoms with E-state index < -0.39 is 0 Å². The van der Waals surface area contributed by atoms with Gasteiger partial charge in [0.15, 0.2) is 0 Å². The first-order valence-corrected chi connectivity index (χ1v) is 9.34. The molecule has 0 saturated carbocycles. The molecule has 0 aliphatic rings. The molecule has 27 heavy (non-hydrogen) atoms. The molecule has 0 spiro atoms.